The second-order valence-electron chi connectivity index (χ2n) is 9.74. The molecule has 2 aromatic carbocycles. The number of piperidine rings is 1. The van der Waals surface area contributed by atoms with Crippen molar-refractivity contribution in [2.24, 2.45) is 5.92 Å². The minimum atomic E-state index is -3.58. The van der Waals surface area contributed by atoms with Crippen LogP contribution in [0.5, 0.6) is 0 Å². The van der Waals surface area contributed by atoms with Crippen LogP contribution in [0.4, 0.5) is 4.39 Å². The molecule has 0 radical (unpaired) electrons. The van der Waals surface area contributed by atoms with Crippen LogP contribution in [0.1, 0.15) is 43.7 Å². The third kappa shape index (κ3) is 5.14. The Bertz CT molecular complexity index is 1320. The standard InChI is InChI=1S/C26H32FN3O3S2/c1-18-6-4-12-29(15-18)35(31,32)22-10-11-24-23(14-22)28-26(30(24)16-21-9-5-13-33-21)34-17-20-8-3-7-19(2)25(20)27/h3,7-8,10-11,14,18,21H,4-6,9,12-13,15-17H2,1-2H3/t18-,21-/m1/s1. The fourth-order valence-electron chi connectivity index (χ4n) is 5.00. The van der Waals surface area contributed by atoms with Crippen LogP contribution in [0, 0.1) is 18.7 Å². The molecule has 0 amide bonds. The number of aryl methyl sites for hydroxylation is 1. The Balaban J connectivity index is 1.48. The summed E-state index contributed by atoms with van der Waals surface area (Å²) in [4.78, 5) is 5.10. The van der Waals surface area contributed by atoms with Crippen LogP contribution in [0.3, 0.4) is 0 Å². The van der Waals surface area contributed by atoms with Gasteiger partial charge in [-0.15, -0.1) is 0 Å². The van der Waals surface area contributed by atoms with E-state index in [1.807, 2.05) is 12.1 Å². The molecule has 35 heavy (non-hydrogen) atoms. The fourth-order valence-corrected chi connectivity index (χ4v) is 7.62. The summed E-state index contributed by atoms with van der Waals surface area (Å²) in [6, 6.07) is 10.7. The molecule has 0 aliphatic carbocycles. The molecule has 1 aromatic heterocycles. The number of hydrogen-bond acceptors (Lipinski definition) is 5. The molecule has 5 rings (SSSR count). The van der Waals surface area contributed by atoms with Gasteiger partial charge in [0, 0.05) is 25.4 Å². The van der Waals surface area contributed by atoms with E-state index in [4.69, 9.17) is 9.72 Å². The van der Waals surface area contributed by atoms with Gasteiger partial charge in [0.05, 0.1) is 28.6 Å². The van der Waals surface area contributed by atoms with Crippen molar-refractivity contribution in [3.63, 3.8) is 0 Å². The number of thioether (sulfide) groups is 1. The monoisotopic (exact) mass is 517 g/mol. The van der Waals surface area contributed by atoms with Gasteiger partial charge in [-0.3, -0.25) is 0 Å². The first-order chi connectivity index (χ1) is 16.8. The molecule has 2 saturated heterocycles. The van der Waals surface area contributed by atoms with Crippen LogP contribution in [0.25, 0.3) is 11.0 Å². The second kappa shape index (κ2) is 10.2. The number of rotatable bonds is 7. The molecule has 3 aromatic rings. The Hall–Kier alpha value is -1.94. The molecule has 2 fully saturated rings. The predicted molar refractivity (Wildman–Crippen MR) is 137 cm³/mol. The van der Waals surface area contributed by atoms with Crippen molar-refractivity contribution in [3.8, 4) is 0 Å². The Morgan fingerprint density at radius 2 is 2.06 bits per heavy atom. The highest BCUT2D eigenvalue weighted by Crippen LogP contribution is 2.32. The summed E-state index contributed by atoms with van der Waals surface area (Å²) in [5.74, 6) is 0.614. The predicted octanol–water partition coefficient (Wildman–Crippen LogP) is 5.38. The Morgan fingerprint density at radius 1 is 1.20 bits per heavy atom. The number of ether oxygens (including phenoxy) is 1. The van der Waals surface area contributed by atoms with Crippen molar-refractivity contribution in [2.45, 2.75) is 68.0 Å². The van der Waals surface area contributed by atoms with Crippen LogP contribution < -0.4 is 0 Å². The van der Waals surface area contributed by atoms with E-state index in [-0.39, 0.29) is 16.8 Å². The van der Waals surface area contributed by atoms with Gasteiger partial charge in [-0.1, -0.05) is 36.9 Å². The zero-order valence-corrected chi connectivity index (χ0v) is 21.9. The van der Waals surface area contributed by atoms with E-state index in [2.05, 4.69) is 11.5 Å². The van der Waals surface area contributed by atoms with Gasteiger partial charge >= 0.3 is 0 Å². The maximum Gasteiger partial charge on any atom is 0.243 e. The van der Waals surface area contributed by atoms with Gasteiger partial charge in [-0.25, -0.2) is 17.8 Å². The van der Waals surface area contributed by atoms with Crippen molar-refractivity contribution < 1.29 is 17.5 Å². The average molecular weight is 518 g/mol. The van der Waals surface area contributed by atoms with E-state index in [0.29, 0.717) is 47.9 Å². The maximum atomic E-state index is 14.6. The van der Waals surface area contributed by atoms with Gasteiger partial charge < -0.3 is 9.30 Å². The minimum absolute atomic E-state index is 0.0979. The lowest BCUT2D eigenvalue weighted by Crippen LogP contribution is -2.39. The lowest BCUT2D eigenvalue weighted by molar-refractivity contribution is 0.0960. The van der Waals surface area contributed by atoms with E-state index in [9.17, 15) is 12.8 Å². The van der Waals surface area contributed by atoms with E-state index in [1.54, 1.807) is 35.5 Å². The number of fused-ring (bicyclic) bond motifs is 1. The number of sulfonamides is 1. The molecule has 0 spiro atoms. The first-order valence-corrected chi connectivity index (χ1v) is 14.7. The van der Waals surface area contributed by atoms with E-state index < -0.39 is 10.0 Å². The van der Waals surface area contributed by atoms with Crippen molar-refractivity contribution in [2.75, 3.05) is 19.7 Å². The molecule has 188 valence electrons. The number of imidazole rings is 1. The Kier molecular flexibility index (Phi) is 7.21. The van der Waals surface area contributed by atoms with E-state index in [1.165, 1.54) is 11.8 Å². The van der Waals surface area contributed by atoms with Crippen molar-refractivity contribution in [3.05, 3.63) is 53.3 Å². The molecule has 2 aliphatic rings. The highest BCUT2D eigenvalue weighted by Gasteiger charge is 2.29. The largest absolute Gasteiger partial charge is 0.376 e. The van der Waals surface area contributed by atoms with Crippen LogP contribution in [-0.2, 0) is 27.1 Å². The molecule has 0 N–H and O–H groups in total. The van der Waals surface area contributed by atoms with Crippen LogP contribution in [0.15, 0.2) is 46.5 Å². The molecule has 6 nitrogen and oxygen atoms in total. The van der Waals surface area contributed by atoms with E-state index >= 15 is 0 Å². The summed E-state index contributed by atoms with van der Waals surface area (Å²) < 4.78 is 50.9. The van der Waals surface area contributed by atoms with Gasteiger partial charge in [-0.05, 0) is 67.9 Å². The molecular weight excluding hydrogens is 485 g/mol. The smallest absolute Gasteiger partial charge is 0.243 e. The molecular formula is C26H32FN3O3S2. The Morgan fingerprint density at radius 3 is 2.83 bits per heavy atom. The highest BCUT2D eigenvalue weighted by atomic mass is 32.2. The third-order valence-electron chi connectivity index (χ3n) is 6.98. The second-order valence-corrected chi connectivity index (χ2v) is 12.6. The molecule has 0 saturated carbocycles. The topological polar surface area (TPSA) is 64.4 Å². The molecule has 2 aliphatic heterocycles. The van der Waals surface area contributed by atoms with Crippen molar-refractivity contribution in [1.82, 2.24) is 13.9 Å². The molecule has 0 unspecified atom stereocenters. The quantitative estimate of drug-likeness (QED) is 0.394. The van der Waals surface area contributed by atoms with Crippen LogP contribution in [0.2, 0.25) is 0 Å². The number of aromatic nitrogens is 2. The first-order valence-electron chi connectivity index (χ1n) is 12.3. The molecule has 2 atom stereocenters. The summed E-state index contributed by atoms with van der Waals surface area (Å²) in [5, 5.41) is 0.748. The van der Waals surface area contributed by atoms with Gasteiger partial charge in [0.2, 0.25) is 10.0 Å². The van der Waals surface area contributed by atoms with Gasteiger partial charge in [0.15, 0.2) is 5.16 Å². The summed E-state index contributed by atoms with van der Waals surface area (Å²) in [5.41, 5.74) is 2.77. The number of hydrogen-bond donors (Lipinski definition) is 0. The molecule has 9 heteroatoms. The summed E-state index contributed by atoms with van der Waals surface area (Å²) in [6.45, 7) is 6.37. The SMILES string of the molecule is Cc1cccc(CSc2nc3cc(S(=O)(=O)N4CCC[C@@H](C)C4)ccc3n2C[C@H]2CCCO2)c1F. The summed E-state index contributed by atoms with van der Waals surface area (Å²) in [6.07, 6.45) is 4.05. The van der Waals surface area contributed by atoms with Crippen molar-refractivity contribution in [1.29, 1.82) is 0 Å². The highest BCUT2D eigenvalue weighted by molar-refractivity contribution is 7.98. The van der Waals surface area contributed by atoms with Gasteiger partial charge in [-0.2, -0.15) is 4.31 Å². The first kappa shape index (κ1) is 24.7. The summed E-state index contributed by atoms with van der Waals surface area (Å²) >= 11 is 1.47. The lowest BCUT2D eigenvalue weighted by Gasteiger charge is -2.30. The van der Waals surface area contributed by atoms with E-state index in [0.717, 1.165) is 43.0 Å². The zero-order chi connectivity index (χ0) is 24.6. The fraction of sp³-hybridized carbons (Fsp3) is 0.500. The maximum absolute atomic E-state index is 14.6. The van der Waals surface area contributed by atoms with Gasteiger partial charge in [0.25, 0.3) is 0 Å². The Labute approximate surface area is 210 Å². The normalized spacial score (nSPS) is 21.7. The molecule has 0 bridgehead atoms. The van der Waals surface area contributed by atoms with Crippen LogP contribution in [-0.4, -0.2) is 48.1 Å². The lowest BCUT2D eigenvalue weighted by atomic mass is 10.0. The van der Waals surface area contributed by atoms with Crippen molar-refractivity contribution >= 4 is 32.8 Å². The minimum Gasteiger partial charge on any atom is -0.376 e. The number of benzene rings is 2. The summed E-state index contributed by atoms with van der Waals surface area (Å²) in [7, 11) is -3.58. The number of nitrogens with zero attached hydrogens (tertiary/aromatic N) is 3. The average Bonchev–Trinajstić information content (AvgIpc) is 3.48. The number of halogens is 1. The van der Waals surface area contributed by atoms with Crippen LogP contribution >= 0.6 is 11.8 Å². The molecule has 3 heterocycles. The zero-order valence-electron chi connectivity index (χ0n) is 20.2. The third-order valence-corrected chi connectivity index (χ3v) is 9.87. The van der Waals surface area contributed by atoms with Gasteiger partial charge in [0.1, 0.15) is 5.82 Å².